The summed E-state index contributed by atoms with van der Waals surface area (Å²) in [6, 6.07) is 12.3. The molecular weight excluding hydrogens is 532 g/mol. The van der Waals surface area contributed by atoms with Gasteiger partial charge in [-0.05, 0) is 62.0 Å². The lowest BCUT2D eigenvalue weighted by Crippen LogP contribution is -2.62. The van der Waals surface area contributed by atoms with Crippen LogP contribution >= 0.6 is 11.5 Å². The number of anilines is 1. The summed E-state index contributed by atoms with van der Waals surface area (Å²) < 4.78 is 4.72. The third-order valence-electron chi connectivity index (χ3n) is 6.73. The van der Waals surface area contributed by atoms with E-state index in [9.17, 15) is 25.0 Å². The van der Waals surface area contributed by atoms with E-state index in [2.05, 4.69) is 31.6 Å². The topological polar surface area (TPSA) is 126 Å². The minimum Gasteiger partial charge on any atom is -0.311 e. The zero-order chi connectivity index (χ0) is 29.0. The number of hydrogen-bond donors (Lipinski definition) is 0. The average molecular weight is 563 g/mol. The predicted octanol–water partition coefficient (Wildman–Crippen LogP) is 5.89. The number of benzene rings is 2. The second-order valence-corrected chi connectivity index (χ2v) is 11.2. The van der Waals surface area contributed by atoms with Crippen LogP contribution in [0.5, 0.6) is 0 Å². The van der Waals surface area contributed by atoms with Crippen molar-refractivity contribution in [3.05, 3.63) is 80.0 Å². The molecule has 3 aromatic rings. The Balaban J connectivity index is 1.78. The van der Waals surface area contributed by atoms with Crippen LogP contribution in [0.4, 0.5) is 21.2 Å². The molecule has 0 atom stereocenters. The van der Waals surface area contributed by atoms with E-state index in [1.165, 1.54) is 35.8 Å². The standard InChI is InChI=1S/C28H30N6O5S/c1-5-6-7-16-30-18-31(28(2,3)4)19-32(27(30)35)26-25(21-10-14-23(15-11-21)34(38)39)24(29-40-26)17-20-8-12-22(13-9-20)33(36)37/h1,8-15H,6-7,16-19H2,2-4H3. The molecule has 0 spiro atoms. The molecule has 0 saturated carbocycles. The van der Waals surface area contributed by atoms with Gasteiger partial charge in [0.25, 0.3) is 11.4 Å². The summed E-state index contributed by atoms with van der Waals surface area (Å²) in [7, 11) is 0. The number of terminal acetylenes is 1. The molecule has 0 N–H and O–H groups in total. The molecule has 1 saturated heterocycles. The summed E-state index contributed by atoms with van der Waals surface area (Å²) in [5.41, 5.74) is 2.58. The second-order valence-electron chi connectivity index (χ2n) is 10.5. The molecule has 40 heavy (non-hydrogen) atoms. The van der Waals surface area contributed by atoms with Gasteiger partial charge in [-0.3, -0.25) is 30.0 Å². The summed E-state index contributed by atoms with van der Waals surface area (Å²) in [5.74, 6) is 2.63. The van der Waals surface area contributed by atoms with Gasteiger partial charge in [-0.15, -0.1) is 12.3 Å². The molecule has 2 heterocycles. The van der Waals surface area contributed by atoms with E-state index in [4.69, 9.17) is 10.8 Å². The first-order valence-corrected chi connectivity index (χ1v) is 13.5. The number of hydrogen-bond acceptors (Lipinski definition) is 8. The zero-order valence-electron chi connectivity index (χ0n) is 22.6. The number of nitrogens with zero attached hydrogens (tertiary/aromatic N) is 6. The highest BCUT2D eigenvalue weighted by Gasteiger charge is 2.38. The maximum absolute atomic E-state index is 13.8. The summed E-state index contributed by atoms with van der Waals surface area (Å²) in [6.45, 7) is 7.57. The van der Waals surface area contributed by atoms with Crippen LogP contribution in [0.3, 0.4) is 0 Å². The first kappa shape index (κ1) is 28.7. The Hall–Kier alpha value is -4.34. The van der Waals surface area contributed by atoms with Crippen molar-refractivity contribution in [2.75, 3.05) is 24.8 Å². The molecule has 12 heteroatoms. The molecule has 0 bridgehead atoms. The van der Waals surface area contributed by atoms with Crippen LogP contribution in [-0.4, -0.2) is 55.5 Å². The van der Waals surface area contributed by atoms with Crippen molar-refractivity contribution in [1.82, 2.24) is 14.2 Å². The van der Waals surface area contributed by atoms with Crippen LogP contribution in [-0.2, 0) is 6.42 Å². The molecule has 208 valence electrons. The van der Waals surface area contributed by atoms with Crippen molar-refractivity contribution < 1.29 is 14.6 Å². The van der Waals surface area contributed by atoms with Gasteiger partial charge in [0.05, 0.1) is 28.9 Å². The number of carbonyl (C=O) groups excluding carboxylic acids is 1. The van der Waals surface area contributed by atoms with Crippen molar-refractivity contribution in [3.8, 4) is 23.5 Å². The molecule has 2 aromatic carbocycles. The average Bonchev–Trinajstić information content (AvgIpc) is 3.32. The maximum atomic E-state index is 13.8. The molecule has 0 aliphatic carbocycles. The quantitative estimate of drug-likeness (QED) is 0.138. The van der Waals surface area contributed by atoms with Crippen LogP contribution in [0, 0.1) is 32.6 Å². The molecule has 0 unspecified atom stereocenters. The highest BCUT2D eigenvalue weighted by Crippen LogP contribution is 2.41. The van der Waals surface area contributed by atoms with Crippen molar-refractivity contribution in [1.29, 1.82) is 0 Å². The van der Waals surface area contributed by atoms with Crippen molar-refractivity contribution in [2.45, 2.75) is 45.6 Å². The fraction of sp³-hybridized carbons (Fsp3) is 0.357. The van der Waals surface area contributed by atoms with Gasteiger partial charge in [0, 0.05) is 54.8 Å². The molecule has 0 radical (unpaired) electrons. The van der Waals surface area contributed by atoms with Crippen LogP contribution in [0.15, 0.2) is 48.5 Å². The van der Waals surface area contributed by atoms with Crippen molar-refractivity contribution in [3.63, 3.8) is 0 Å². The Kier molecular flexibility index (Phi) is 8.46. The van der Waals surface area contributed by atoms with E-state index >= 15 is 0 Å². The molecule has 1 aromatic heterocycles. The summed E-state index contributed by atoms with van der Waals surface area (Å²) in [4.78, 5) is 40.9. The fourth-order valence-corrected chi connectivity index (χ4v) is 5.33. The molecular formula is C28H30N6O5S. The van der Waals surface area contributed by atoms with Crippen LogP contribution in [0.1, 0.15) is 44.9 Å². The minimum absolute atomic E-state index is 0.00980. The minimum atomic E-state index is -0.461. The molecule has 2 amide bonds. The number of unbranched alkanes of at least 4 members (excludes halogenated alkanes) is 1. The first-order chi connectivity index (χ1) is 19.0. The van der Waals surface area contributed by atoms with E-state index in [1.54, 1.807) is 34.1 Å². The van der Waals surface area contributed by atoms with Crippen molar-refractivity contribution in [2.24, 2.45) is 0 Å². The van der Waals surface area contributed by atoms with E-state index in [1.807, 2.05) is 0 Å². The monoisotopic (exact) mass is 562 g/mol. The predicted molar refractivity (Wildman–Crippen MR) is 154 cm³/mol. The van der Waals surface area contributed by atoms with Gasteiger partial charge < -0.3 is 4.90 Å². The number of nitro groups is 2. The maximum Gasteiger partial charge on any atom is 0.327 e. The van der Waals surface area contributed by atoms with Gasteiger partial charge in [0.1, 0.15) is 5.00 Å². The Labute approximate surface area is 236 Å². The summed E-state index contributed by atoms with van der Waals surface area (Å²) in [5, 5.41) is 23.0. The number of non-ortho nitro benzene ring substituents is 2. The fourth-order valence-electron chi connectivity index (χ4n) is 4.41. The van der Waals surface area contributed by atoms with Gasteiger partial charge >= 0.3 is 6.03 Å². The largest absolute Gasteiger partial charge is 0.327 e. The summed E-state index contributed by atoms with van der Waals surface area (Å²) in [6.07, 6.45) is 7.04. The number of rotatable bonds is 9. The highest BCUT2D eigenvalue weighted by atomic mass is 32.1. The van der Waals surface area contributed by atoms with Crippen LogP contribution < -0.4 is 4.90 Å². The second kappa shape index (κ2) is 11.8. The van der Waals surface area contributed by atoms with Gasteiger partial charge in [0.15, 0.2) is 0 Å². The molecule has 1 fully saturated rings. The molecule has 1 aliphatic rings. The number of aromatic nitrogens is 1. The van der Waals surface area contributed by atoms with Gasteiger partial charge in [-0.25, -0.2) is 4.79 Å². The van der Waals surface area contributed by atoms with Crippen LogP contribution in [0.25, 0.3) is 11.1 Å². The van der Waals surface area contributed by atoms with E-state index < -0.39 is 9.85 Å². The Morgan fingerprint density at radius 2 is 1.60 bits per heavy atom. The van der Waals surface area contributed by atoms with E-state index in [0.717, 1.165) is 5.56 Å². The Morgan fingerprint density at radius 1 is 1.00 bits per heavy atom. The van der Waals surface area contributed by atoms with Gasteiger partial charge in [-0.1, -0.05) is 12.1 Å². The van der Waals surface area contributed by atoms with Gasteiger partial charge in [0.2, 0.25) is 0 Å². The van der Waals surface area contributed by atoms with E-state index in [-0.39, 0.29) is 22.9 Å². The normalized spacial score (nSPS) is 14.3. The molecule has 1 aliphatic heterocycles. The summed E-state index contributed by atoms with van der Waals surface area (Å²) >= 11 is 1.19. The third-order valence-corrected chi connectivity index (χ3v) is 7.64. The highest BCUT2D eigenvalue weighted by molar-refractivity contribution is 7.11. The first-order valence-electron chi connectivity index (χ1n) is 12.7. The lowest BCUT2D eigenvalue weighted by Gasteiger charge is -2.47. The number of nitro benzene ring substituents is 2. The lowest BCUT2D eigenvalue weighted by atomic mass is 10.00. The van der Waals surface area contributed by atoms with Crippen molar-refractivity contribution >= 4 is 33.9 Å². The third kappa shape index (κ3) is 6.27. The molecule has 11 nitrogen and oxygen atoms in total. The number of urea groups is 1. The molecule has 4 rings (SSSR count). The Bertz CT molecular complexity index is 1440. The lowest BCUT2D eigenvalue weighted by molar-refractivity contribution is -0.385. The van der Waals surface area contributed by atoms with Gasteiger partial charge in [-0.2, -0.15) is 4.37 Å². The SMILES string of the molecule is C#CCCCN1CN(C(C)(C)C)CN(c2snc(Cc3ccc([N+](=O)[O-])cc3)c2-c2ccc([N+](=O)[O-])cc2)C1=O. The zero-order valence-corrected chi connectivity index (χ0v) is 23.4. The number of carbonyl (C=O) groups is 1. The Morgan fingerprint density at radius 3 is 2.15 bits per heavy atom. The number of amides is 2. The van der Waals surface area contributed by atoms with Crippen LogP contribution in [0.2, 0.25) is 0 Å². The smallest absolute Gasteiger partial charge is 0.311 e. The van der Waals surface area contributed by atoms with E-state index in [0.29, 0.717) is 61.0 Å².